The second kappa shape index (κ2) is 4.87. The van der Waals surface area contributed by atoms with Gasteiger partial charge in [-0.2, -0.15) is 0 Å². The molecular weight excluding hydrogens is 222 g/mol. The standard InChI is InChI=1S/C12H17NO2S/c1-8-10(13)7-11(16-8)12(14)15-6-5-9-3-2-4-9/h7,9H,2-6,13H2,1H3. The molecule has 16 heavy (non-hydrogen) atoms. The van der Waals surface area contributed by atoms with Gasteiger partial charge >= 0.3 is 5.97 Å². The number of ether oxygens (including phenoxy) is 1. The highest BCUT2D eigenvalue weighted by molar-refractivity contribution is 7.14. The van der Waals surface area contributed by atoms with Crippen molar-refractivity contribution in [1.82, 2.24) is 0 Å². The van der Waals surface area contributed by atoms with E-state index in [0.717, 1.165) is 17.2 Å². The number of aryl methyl sites for hydroxylation is 1. The summed E-state index contributed by atoms with van der Waals surface area (Å²) in [5.74, 6) is 0.548. The van der Waals surface area contributed by atoms with Crippen molar-refractivity contribution >= 4 is 23.0 Å². The molecular formula is C12H17NO2S. The summed E-state index contributed by atoms with van der Waals surface area (Å²) in [7, 11) is 0. The zero-order valence-corrected chi connectivity index (χ0v) is 10.3. The lowest BCUT2D eigenvalue weighted by molar-refractivity contribution is 0.0470. The summed E-state index contributed by atoms with van der Waals surface area (Å²) >= 11 is 1.40. The average Bonchev–Trinajstić information content (AvgIpc) is 2.51. The van der Waals surface area contributed by atoms with E-state index in [2.05, 4.69) is 0 Å². The van der Waals surface area contributed by atoms with Gasteiger partial charge in [0, 0.05) is 10.6 Å². The van der Waals surface area contributed by atoms with Crippen LogP contribution >= 0.6 is 11.3 Å². The Balaban J connectivity index is 1.78. The molecule has 2 N–H and O–H groups in total. The fourth-order valence-corrected chi connectivity index (χ4v) is 2.60. The van der Waals surface area contributed by atoms with Crippen molar-refractivity contribution in [3.63, 3.8) is 0 Å². The first-order valence-corrected chi connectivity index (χ1v) is 6.51. The molecule has 0 saturated heterocycles. The smallest absolute Gasteiger partial charge is 0.348 e. The summed E-state index contributed by atoms with van der Waals surface area (Å²) in [6.45, 7) is 2.45. The van der Waals surface area contributed by atoms with Crippen LogP contribution in [0.5, 0.6) is 0 Å². The molecule has 1 aliphatic carbocycles. The Morgan fingerprint density at radius 2 is 2.38 bits per heavy atom. The van der Waals surface area contributed by atoms with E-state index in [4.69, 9.17) is 10.5 Å². The number of nitrogens with two attached hydrogens (primary N) is 1. The summed E-state index contributed by atoms with van der Waals surface area (Å²) in [5.41, 5.74) is 6.37. The van der Waals surface area contributed by atoms with E-state index in [-0.39, 0.29) is 5.97 Å². The summed E-state index contributed by atoms with van der Waals surface area (Å²) in [5, 5.41) is 0. The molecule has 2 rings (SSSR count). The molecule has 0 bridgehead atoms. The van der Waals surface area contributed by atoms with Gasteiger partial charge in [-0.15, -0.1) is 11.3 Å². The number of thiophene rings is 1. The molecule has 0 aromatic carbocycles. The van der Waals surface area contributed by atoms with Gasteiger partial charge in [0.2, 0.25) is 0 Å². The van der Waals surface area contributed by atoms with Crippen LogP contribution in [-0.2, 0) is 4.74 Å². The van der Waals surface area contributed by atoms with Gasteiger partial charge in [-0.1, -0.05) is 19.3 Å². The third-order valence-corrected chi connectivity index (χ3v) is 4.19. The monoisotopic (exact) mass is 239 g/mol. The fraction of sp³-hybridized carbons (Fsp3) is 0.583. The van der Waals surface area contributed by atoms with Gasteiger partial charge in [0.05, 0.1) is 6.61 Å². The van der Waals surface area contributed by atoms with Crippen LogP contribution in [0.4, 0.5) is 5.69 Å². The van der Waals surface area contributed by atoms with Crippen LogP contribution in [0.25, 0.3) is 0 Å². The van der Waals surface area contributed by atoms with E-state index < -0.39 is 0 Å². The number of nitrogen functional groups attached to an aromatic ring is 1. The molecule has 0 aliphatic heterocycles. The van der Waals surface area contributed by atoms with Crippen molar-refractivity contribution in [2.75, 3.05) is 12.3 Å². The summed E-state index contributed by atoms with van der Waals surface area (Å²) < 4.78 is 5.22. The van der Waals surface area contributed by atoms with E-state index in [0.29, 0.717) is 17.2 Å². The van der Waals surface area contributed by atoms with Crippen molar-refractivity contribution in [3.8, 4) is 0 Å². The molecule has 1 aromatic rings. The van der Waals surface area contributed by atoms with E-state index in [1.165, 1.54) is 30.6 Å². The molecule has 1 aromatic heterocycles. The van der Waals surface area contributed by atoms with Crippen molar-refractivity contribution in [3.05, 3.63) is 15.8 Å². The lowest BCUT2D eigenvalue weighted by Gasteiger charge is -2.24. The first-order chi connectivity index (χ1) is 7.66. The van der Waals surface area contributed by atoms with Crippen molar-refractivity contribution in [2.45, 2.75) is 32.6 Å². The molecule has 4 heteroatoms. The van der Waals surface area contributed by atoms with Crippen LogP contribution in [0.1, 0.15) is 40.2 Å². The SMILES string of the molecule is Cc1sc(C(=O)OCCC2CCC2)cc1N. The lowest BCUT2D eigenvalue weighted by atomic mass is 9.83. The normalized spacial score (nSPS) is 15.8. The van der Waals surface area contributed by atoms with Gasteiger partial charge in [0.25, 0.3) is 0 Å². The Kier molecular flexibility index (Phi) is 3.49. The number of anilines is 1. The van der Waals surface area contributed by atoms with Gasteiger partial charge in [-0.05, 0) is 25.3 Å². The molecule has 0 spiro atoms. The Bertz CT molecular complexity index is 363. The third-order valence-electron chi connectivity index (χ3n) is 3.14. The molecule has 1 fully saturated rings. The highest BCUT2D eigenvalue weighted by atomic mass is 32.1. The van der Waals surface area contributed by atoms with E-state index in [9.17, 15) is 4.79 Å². The van der Waals surface area contributed by atoms with E-state index in [1.54, 1.807) is 6.07 Å². The molecule has 88 valence electrons. The van der Waals surface area contributed by atoms with Crippen LogP contribution < -0.4 is 5.73 Å². The highest BCUT2D eigenvalue weighted by Gasteiger charge is 2.18. The lowest BCUT2D eigenvalue weighted by Crippen LogP contribution is -2.15. The third kappa shape index (κ3) is 2.55. The molecule has 0 radical (unpaired) electrons. The van der Waals surface area contributed by atoms with Crippen LogP contribution in [0.15, 0.2) is 6.07 Å². The minimum atomic E-state index is -0.232. The van der Waals surface area contributed by atoms with Crippen LogP contribution in [0.2, 0.25) is 0 Å². The maximum Gasteiger partial charge on any atom is 0.348 e. The number of esters is 1. The molecule has 0 amide bonds. The Morgan fingerprint density at radius 1 is 1.62 bits per heavy atom. The predicted octanol–water partition coefficient (Wildman–Crippen LogP) is 2.99. The maximum absolute atomic E-state index is 11.6. The van der Waals surface area contributed by atoms with Crippen LogP contribution in [0, 0.1) is 12.8 Å². The van der Waals surface area contributed by atoms with Crippen molar-refractivity contribution < 1.29 is 9.53 Å². The number of rotatable bonds is 4. The minimum absolute atomic E-state index is 0.232. The Labute approximate surface area is 99.6 Å². The topological polar surface area (TPSA) is 52.3 Å². The summed E-state index contributed by atoms with van der Waals surface area (Å²) in [6.07, 6.45) is 4.93. The summed E-state index contributed by atoms with van der Waals surface area (Å²) in [4.78, 5) is 13.2. The second-order valence-electron chi connectivity index (χ2n) is 4.34. The van der Waals surface area contributed by atoms with Crippen molar-refractivity contribution in [1.29, 1.82) is 0 Å². The number of hydrogen-bond acceptors (Lipinski definition) is 4. The first kappa shape index (κ1) is 11.5. The zero-order valence-electron chi connectivity index (χ0n) is 9.49. The average molecular weight is 239 g/mol. The highest BCUT2D eigenvalue weighted by Crippen LogP contribution is 2.29. The predicted molar refractivity (Wildman–Crippen MR) is 65.7 cm³/mol. The Morgan fingerprint density at radius 3 is 2.88 bits per heavy atom. The number of hydrogen-bond donors (Lipinski definition) is 1. The van der Waals surface area contributed by atoms with Crippen molar-refractivity contribution in [2.24, 2.45) is 5.92 Å². The quantitative estimate of drug-likeness (QED) is 0.822. The summed E-state index contributed by atoms with van der Waals surface area (Å²) in [6, 6.07) is 1.70. The first-order valence-electron chi connectivity index (χ1n) is 5.70. The Hall–Kier alpha value is -1.03. The van der Waals surface area contributed by atoms with E-state index in [1.807, 2.05) is 6.92 Å². The molecule has 3 nitrogen and oxygen atoms in total. The van der Waals surface area contributed by atoms with E-state index >= 15 is 0 Å². The van der Waals surface area contributed by atoms with Gasteiger partial charge in [-0.3, -0.25) is 0 Å². The van der Waals surface area contributed by atoms with Crippen LogP contribution in [-0.4, -0.2) is 12.6 Å². The zero-order chi connectivity index (χ0) is 11.5. The second-order valence-corrected chi connectivity index (χ2v) is 5.60. The van der Waals surface area contributed by atoms with Gasteiger partial charge in [0.1, 0.15) is 4.88 Å². The molecule has 1 heterocycles. The number of carbonyl (C=O) groups is 1. The largest absolute Gasteiger partial charge is 0.461 e. The van der Waals surface area contributed by atoms with Crippen LogP contribution in [0.3, 0.4) is 0 Å². The molecule has 1 saturated carbocycles. The fourth-order valence-electron chi connectivity index (χ4n) is 1.77. The molecule has 0 atom stereocenters. The molecule has 0 unspecified atom stereocenters. The number of carbonyl (C=O) groups excluding carboxylic acids is 1. The van der Waals surface area contributed by atoms with Gasteiger partial charge in [-0.25, -0.2) is 4.79 Å². The van der Waals surface area contributed by atoms with Gasteiger partial charge < -0.3 is 10.5 Å². The maximum atomic E-state index is 11.6. The van der Waals surface area contributed by atoms with Gasteiger partial charge in [0.15, 0.2) is 0 Å². The molecule has 1 aliphatic rings. The minimum Gasteiger partial charge on any atom is -0.461 e.